The molecule has 1 aromatic rings. The monoisotopic (exact) mass is 362 g/mol. The predicted octanol–water partition coefficient (Wildman–Crippen LogP) is 1.72. The van der Waals surface area contributed by atoms with E-state index in [1.807, 2.05) is 18.2 Å². The SMILES string of the molecule is CN=C(NCCOCc1ccccc1)NCC1CN(CC(C)C)CCO1. The van der Waals surface area contributed by atoms with Gasteiger partial charge in [0, 0.05) is 39.8 Å². The summed E-state index contributed by atoms with van der Waals surface area (Å²) >= 11 is 0. The number of hydrogen-bond acceptors (Lipinski definition) is 4. The number of ether oxygens (including phenoxy) is 2. The normalized spacial score (nSPS) is 18.9. The maximum Gasteiger partial charge on any atom is 0.191 e. The summed E-state index contributed by atoms with van der Waals surface area (Å²) in [6.45, 7) is 11.2. The van der Waals surface area contributed by atoms with Crippen molar-refractivity contribution < 1.29 is 9.47 Å². The molecule has 0 aliphatic carbocycles. The zero-order chi connectivity index (χ0) is 18.6. The van der Waals surface area contributed by atoms with Gasteiger partial charge in [0.25, 0.3) is 0 Å². The summed E-state index contributed by atoms with van der Waals surface area (Å²) in [5, 5.41) is 6.64. The van der Waals surface area contributed by atoms with Gasteiger partial charge in [-0.05, 0) is 11.5 Å². The van der Waals surface area contributed by atoms with E-state index in [0.29, 0.717) is 19.1 Å². The molecule has 0 radical (unpaired) electrons. The van der Waals surface area contributed by atoms with Crippen molar-refractivity contribution in [3.8, 4) is 0 Å². The molecule has 0 spiro atoms. The van der Waals surface area contributed by atoms with Gasteiger partial charge < -0.3 is 20.1 Å². The standard InChI is InChI=1S/C20H34N4O2/c1-17(2)14-24-10-12-26-19(15-24)13-23-20(21-3)22-9-11-25-16-18-7-5-4-6-8-18/h4-8,17,19H,9-16H2,1-3H3,(H2,21,22,23). The Labute approximate surface area is 158 Å². The fourth-order valence-electron chi connectivity index (χ4n) is 3.02. The van der Waals surface area contributed by atoms with E-state index in [1.165, 1.54) is 5.56 Å². The Kier molecular flexibility index (Phi) is 9.45. The maximum absolute atomic E-state index is 5.87. The van der Waals surface area contributed by atoms with Crippen LogP contribution in [0.3, 0.4) is 0 Å². The quantitative estimate of drug-likeness (QED) is 0.398. The van der Waals surface area contributed by atoms with Crippen molar-refractivity contribution in [1.82, 2.24) is 15.5 Å². The second kappa shape index (κ2) is 11.9. The highest BCUT2D eigenvalue weighted by atomic mass is 16.5. The average molecular weight is 363 g/mol. The average Bonchev–Trinajstić information content (AvgIpc) is 2.64. The third-order valence-electron chi connectivity index (χ3n) is 4.22. The second-order valence-electron chi connectivity index (χ2n) is 7.06. The third kappa shape index (κ3) is 8.17. The van der Waals surface area contributed by atoms with Gasteiger partial charge in [-0.25, -0.2) is 0 Å². The predicted molar refractivity (Wildman–Crippen MR) is 106 cm³/mol. The lowest BCUT2D eigenvalue weighted by Gasteiger charge is -2.34. The number of morpholine rings is 1. The molecule has 1 unspecified atom stereocenters. The number of nitrogens with zero attached hydrogens (tertiary/aromatic N) is 2. The van der Waals surface area contributed by atoms with Crippen LogP contribution in [0.4, 0.5) is 0 Å². The van der Waals surface area contributed by atoms with Crippen LogP contribution < -0.4 is 10.6 Å². The molecule has 1 aromatic carbocycles. The van der Waals surface area contributed by atoms with Crippen molar-refractivity contribution in [1.29, 1.82) is 0 Å². The molecule has 1 saturated heterocycles. The van der Waals surface area contributed by atoms with Crippen LogP contribution in [-0.4, -0.2) is 69.9 Å². The van der Waals surface area contributed by atoms with Crippen LogP contribution in [0.25, 0.3) is 0 Å². The molecular weight excluding hydrogens is 328 g/mol. The summed E-state index contributed by atoms with van der Waals surface area (Å²) in [6.07, 6.45) is 0.204. The van der Waals surface area contributed by atoms with Crippen LogP contribution >= 0.6 is 0 Å². The van der Waals surface area contributed by atoms with Crippen LogP contribution in [0.1, 0.15) is 19.4 Å². The lowest BCUT2D eigenvalue weighted by atomic mass is 10.2. The van der Waals surface area contributed by atoms with E-state index in [1.54, 1.807) is 7.05 Å². The first-order chi connectivity index (χ1) is 12.7. The molecule has 2 rings (SSSR count). The largest absolute Gasteiger partial charge is 0.375 e. The van der Waals surface area contributed by atoms with Crippen LogP contribution in [0.2, 0.25) is 0 Å². The number of benzene rings is 1. The summed E-state index contributed by atoms with van der Waals surface area (Å²) in [7, 11) is 1.78. The van der Waals surface area contributed by atoms with E-state index in [4.69, 9.17) is 9.47 Å². The summed E-state index contributed by atoms with van der Waals surface area (Å²) < 4.78 is 11.5. The molecule has 1 aliphatic heterocycles. The minimum Gasteiger partial charge on any atom is -0.375 e. The summed E-state index contributed by atoms with van der Waals surface area (Å²) in [5.74, 6) is 1.48. The first-order valence-corrected chi connectivity index (χ1v) is 9.57. The molecule has 0 bridgehead atoms. The van der Waals surface area contributed by atoms with Gasteiger partial charge in [-0.15, -0.1) is 0 Å². The number of guanidine groups is 1. The number of hydrogen-bond donors (Lipinski definition) is 2. The fourth-order valence-corrected chi connectivity index (χ4v) is 3.02. The lowest BCUT2D eigenvalue weighted by Crippen LogP contribution is -2.50. The molecule has 26 heavy (non-hydrogen) atoms. The first kappa shape index (κ1) is 20.7. The van der Waals surface area contributed by atoms with Crippen molar-refractivity contribution in [3.05, 3.63) is 35.9 Å². The van der Waals surface area contributed by atoms with E-state index in [2.05, 4.69) is 46.5 Å². The highest BCUT2D eigenvalue weighted by Crippen LogP contribution is 2.07. The van der Waals surface area contributed by atoms with Gasteiger partial charge in [-0.2, -0.15) is 0 Å². The van der Waals surface area contributed by atoms with Crippen molar-refractivity contribution in [3.63, 3.8) is 0 Å². The molecule has 0 aromatic heterocycles. The Hall–Kier alpha value is -1.63. The van der Waals surface area contributed by atoms with Crippen LogP contribution in [0.15, 0.2) is 35.3 Å². The Morgan fingerprint density at radius 2 is 2.12 bits per heavy atom. The van der Waals surface area contributed by atoms with Gasteiger partial charge >= 0.3 is 0 Å². The second-order valence-corrected chi connectivity index (χ2v) is 7.06. The number of rotatable bonds is 9. The van der Waals surface area contributed by atoms with Gasteiger partial charge in [0.2, 0.25) is 0 Å². The van der Waals surface area contributed by atoms with Gasteiger partial charge in [-0.1, -0.05) is 44.2 Å². The maximum atomic E-state index is 5.87. The number of aliphatic imine (C=N–C) groups is 1. The molecule has 6 heteroatoms. The fraction of sp³-hybridized carbons (Fsp3) is 0.650. The Morgan fingerprint density at radius 1 is 1.31 bits per heavy atom. The highest BCUT2D eigenvalue weighted by molar-refractivity contribution is 5.79. The van der Waals surface area contributed by atoms with E-state index in [0.717, 1.165) is 45.3 Å². The molecule has 1 atom stereocenters. The Bertz CT molecular complexity index is 522. The van der Waals surface area contributed by atoms with Crippen LogP contribution in [-0.2, 0) is 16.1 Å². The van der Waals surface area contributed by atoms with Gasteiger partial charge in [-0.3, -0.25) is 9.89 Å². The Morgan fingerprint density at radius 3 is 2.85 bits per heavy atom. The molecule has 0 saturated carbocycles. The summed E-state index contributed by atoms with van der Waals surface area (Å²) in [6, 6.07) is 10.2. The zero-order valence-electron chi connectivity index (χ0n) is 16.4. The minimum absolute atomic E-state index is 0.204. The molecule has 1 aliphatic rings. The molecule has 1 fully saturated rings. The summed E-state index contributed by atoms with van der Waals surface area (Å²) in [5.41, 5.74) is 1.19. The molecular formula is C20H34N4O2. The van der Waals surface area contributed by atoms with Crippen LogP contribution in [0.5, 0.6) is 0 Å². The van der Waals surface area contributed by atoms with Gasteiger partial charge in [0.15, 0.2) is 5.96 Å². The molecule has 146 valence electrons. The van der Waals surface area contributed by atoms with Crippen molar-refractivity contribution >= 4 is 5.96 Å². The molecule has 6 nitrogen and oxygen atoms in total. The van der Waals surface area contributed by atoms with E-state index in [-0.39, 0.29) is 6.10 Å². The van der Waals surface area contributed by atoms with Crippen molar-refractivity contribution in [2.75, 3.05) is 53.0 Å². The van der Waals surface area contributed by atoms with Gasteiger partial charge in [0.05, 0.1) is 25.9 Å². The molecule has 1 heterocycles. The van der Waals surface area contributed by atoms with E-state index >= 15 is 0 Å². The van der Waals surface area contributed by atoms with E-state index in [9.17, 15) is 0 Å². The Balaban J connectivity index is 1.58. The van der Waals surface area contributed by atoms with Gasteiger partial charge in [0.1, 0.15) is 0 Å². The van der Waals surface area contributed by atoms with Crippen LogP contribution in [0, 0.1) is 5.92 Å². The molecule has 2 N–H and O–H groups in total. The number of nitrogens with one attached hydrogen (secondary N) is 2. The van der Waals surface area contributed by atoms with E-state index < -0.39 is 0 Å². The zero-order valence-corrected chi connectivity index (χ0v) is 16.4. The van der Waals surface area contributed by atoms with Crippen molar-refractivity contribution in [2.24, 2.45) is 10.9 Å². The molecule has 0 amide bonds. The summed E-state index contributed by atoms with van der Waals surface area (Å²) in [4.78, 5) is 6.75. The topological polar surface area (TPSA) is 58.1 Å². The highest BCUT2D eigenvalue weighted by Gasteiger charge is 2.20. The van der Waals surface area contributed by atoms with Crippen molar-refractivity contribution in [2.45, 2.75) is 26.6 Å². The smallest absolute Gasteiger partial charge is 0.191 e. The lowest BCUT2D eigenvalue weighted by molar-refractivity contribution is -0.0284. The minimum atomic E-state index is 0.204. The first-order valence-electron chi connectivity index (χ1n) is 9.57. The third-order valence-corrected chi connectivity index (χ3v) is 4.22.